The summed E-state index contributed by atoms with van der Waals surface area (Å²) in [6.45, 7) is 0. The van der Waals surface area contributed by atoms with Crippen molar-refractivity contribution in [2.75, 3.05) is 5.32 Å². The number of hydrogen-bond acceptors (Lipinski definition) is 2. The number of alkyl halides is 3. The Morgan fingerprint density at radius 3 is 2.59 bits per heavy atom. The predicted octanol–water partition coefficient (Wildman–Crippen LogP) is 2.70. The number of nitrogens with one attached hydrogen (secondary N) is 1. The van der Waals surface area contributed by atoms with Crippen LogP contribution in [0.5, 0.6) is 0 Å². The predicted molar refractivity (Wildman–Crippen MR) is 50.3 cm³/mol. The average Bonchev–Trinajstić information content (AvgIpc) is 2.19. The maximum absolute atomic E-state index is 12.7. The van der Waals surface area contributed by atoms with Crippen LogP contribution in [0.1, 0.15) is 12.0 Å². The Hall–Kier alpha value is -2.10. The van der Waals surface area contributed by atoms with E-state index >= 15 is 0 Å². The van der Waals surface area contributed by atoms with E-state index < -0.39 is 35.6 Å². The normalized spacial score (nSPS) is 10.8. The molecular formula is C10H6F4N2O. The second-order valence-corrected chi connectivity index (χ2v) is 3.07. The van der Waals surface area contributed by atoms with Crippen molar-refractivity contribution in [1.29, 1.82) is 5.26 Å². The van der Waals surface area contributed by atoms with Gasteiger partial charge < -0.3 is 5.32 Å². The minimum Gasteiger partial charge on any atom is -0.325 e. The maximum atomic E-state index is 12.7. The Balaban J connectivity index is 3.08. The number of rotatable bonds is 2. The van der Waals surface area contributed by atoms with E-state index in [0.717, 1.165) is 12.1 Å². The largest absolute Gasteiger partial charge is 0.418 e. The fourth-order valence-electron chi connectivity index (χ4n) is 1.13. The zero-order chi connectivity index (χ0) is 13.1. The van der Waals surface area contributed by atoms with E-state index in [9.17, 15) is 22.4 Å². The van der Waals surface area contributed by atoms with Crippen molar-refractivity contribution in [1.82, 2.24) is 0 Å². The second kappa shape index (κ2) is 4.82. The van der Waals surface area contributed by atoms with Crippen LogP contribution in [0.4, 0.5) is 23.2 Å². The first kappa shape index (κ1) is 13.0. The van der Waals surface area contributed by atoms with E-state index in [1.54, 1.807) is 0 Å². The standard InChI is InChI=1S/C10H6F4N2O/c11-6-1-2-8(16-9(17)3-4-15)7(5-6)10(12,13)14/h1-2,5H,3H2,(H,16,17). The van der Waals surface area contributed by atoms with Gasteiger partial charge in [-0.25, -0.2) is 4.39 Å². The molecule has 0 heterocycles. The van der Waals surface area contributed by atoms with Crippen molar-refractivity contribution < 1.29 is 22.4 Å². The highest BCUT2D eigenvalue weighted by atomic mass is 19.4. The van der Waals surface area contributed by atoms with Gasteiger partial charge >= 0.3 is 6.18 Å². The molecule has 0 saturated carbocycles. The minimum atomic E-state index is -4.78. The number of nitrogens with zero attached hydrogens (tertiary/aromatic N) is 1. The monoisotopic (exact) mass is 246 g/mol. The van der Waals surface area contributed by atoms with Gasteiger partial charge in [-0.15, -0.1) is 0 Å². The molecule has 1 aromatic rings. The smallest absolute Gasteiger partial charge is 0.325 e. The van der Waals surface area contributed by atoms with Crippen LogP contribution in [-0.4, -0.2) is 5.91 Å². The SMILES string of the molecule is N#CCC(=O)Nc1ccc(F)cc1C(F)(F)F. The molecule has 0 radical (unpaired) electrons. The first-order chi connectivity index (χ1) is 7.84. The third-order valence-electron chi connectivity index (χ3n) is 1.80. The van der Waals surface area contributed by atoms with Gasteiger partial charge in [-0.2, -0.15) is 18.4 Å². The van der Waals surface area contributed by atoms with Crippen molar-refractivity contribution in [3.05, 3.63) is 29.6 Å². The minimum absolute atomic E-state index is 0.280. The molecule has 0 saturated heterocycles. The average molecular weight is 246 g/mol. The summed E-state index contributed by atoms with van der Waals surface area (Å²) in [6, 6.07) is 3.36. The van der Waals surface area contributed by atoms with E-state index in [-0.39, 0.29) is 6.07 Å². The Kier molecular flexibility index (Phi) is 3.68. The van der Waals surface area contributed by atoms with E-state index in [0.29, 0.717) is 0 Å². The van der Waals surface area contributed by atoms with Crippen LogP contribution in [-0.2, 0) is 11.0 Å². The molecule has 1 rings (SSSR count). The van der Waals surface area contributed by atoms with Crippen LogP contribution in [0.2, 0.25) is 0 Å². The third kappa shape index (κ3) is 3.45. The van der Waals surface area contributed by atoms with Crippen LogP contribution >= 0.6 is 0 Å². The lowest BCUT2D eigenvalue weighted by atomic mass is 10.1. The molecule has 7 heteroatoms. The summed E-state index contributed by atoms with van der Waals surface area (Å²) < 4.78 is 50.1. The van der Waals surface area contributed by atoms with Crippen molar-refractivity contribution >= 4 is 11.6 Å². The van der Waals surface area contributed by atoms with E-state index in [1.807, 2.05) is 5.32 Å². The molecule has 0 spiro atoms. The van der Waals surface area contributed by atoms with Crippen molar-refractivity contribution in [2.45, 2.75) is 12.6 Å². The topological polar surface area (TPSA) is 52.9 Å². The fraction of sp³-hybridized carbons (Fsp3) is 0.200. The van der Waals surface area contributed by atoms with E-state index in [4.69, 9.17) is 5.26 Å². The van der Waals surface area contributed by atoms with Gasteiger partial charge in [0.25, 0.3) is 0 Å². The summed E-state index contributed by atoms with van der Waals surface area (Å²) in [5.74, 6) is -1.94. The summed E-state index contributed by atoms with van der Waals surface area (Å²) in [4.78, 5) is 11.0. The van der Waals surface area contributed by atoms with Crippen LogP contribution in [0.15, 0.2) is 18.2 Å². The van der Waals surface area contributed by atoms with Gasteiger partial charge in [0.15, 0.2) is 0 Å². The summed E-state index contributed by atoms with van der Waals surface area (Å²) >= 11 is 0. The molecule has 0 aromatic heterocycles. The molecule has 0 unspecified atom stereocenters. The molecule has 0 bridgehead atoms. The number of halogens is 4. The van der Waals surface area contributed by atoms with Crippen molar-refractivity contribution in [3.8, 4) is 6.07 Å². The second-order valence-electron chi connectivity index (χ2n) is 3.07. The third-order valence-corrected chi connectivity index (χ3v) is 1.80. The van der Waals surface area contributed by atoms with Gasteiger partial charge in [-0.3, -0.25) is 4.79 Å². The van der Waals surface area contributed by atoms with Gasteiger partial charge in [0, 0.05) is 0 Å². The van der Waals surface area contributed by atoms with Gasteiger partial charge in [-0.05, 0) is 18.2 Å². The zero-order valence-electron chi connectivity index (χ0n) is 8.31. The van der Waals surface area contributed by atoms with Crippen molar-refractivity contribution in [3.63, 3.8) is 0 Å². The van der Waals surface area contributed by atoms with Crippen LogP contribution in [0.25, 0.3) is 0 Å². The Morgan fingerprint density at radius 2 is 2.06 bits per heavy atom. The van der Waals surface area contributed by atoms with E-state index in [2.05, 4.69) is 0 Å². The Bertz CT molecular complexity index is 476. The molecule has 1 amide bonds. The molecule has 1 N–H and O–H groups in total. The highest BCUT2D eigenvalue weighted by molar-refractivity contribution is 5.92. The summed E-state index contributed by atoms with van der Waals surface area (Å²) in [6.07, 6.45) is -5.36. The highest BCUT2D eigenvalue weighted by Gasteiger charge is 2.34. The summed E-state index contributed by atoms with van der Waals surface area (Å²) in [7, 11) is 0. The molecule has 17 heavy (non-hydrogen) atoms. The molecular weight excluding hydrogens is 240 g/mol. The first-order valence-electron chi connectivity index (χ1n) is 4.38. The van der Waals surface area contributed by atoms with Crippen LogP contribution in [0.3, 0.4) is 0 Å². The Labute approximate surface area is 93.7 Å². The maximum Gasteiger partial charge on any atom is 0.418 e. The lowest BCUT2D eigenvalue weighted by Crippen LogP contribution is -2.16. The van der Waals surface area contributed by atoms with Crippen LogP contribution in [0, 0.1) is 17.1 Å². The Morgan fingerprint density at radius 1 is 1.41 bits per heavy atom. The first-order valence-corrected chi connectivity index (χ1v) is 4.38. The van der Waals surface area contributed by atoms with Gasteiger partial charge in [0.2, 0.25) is 5.91 Å². The lowest BCUT2D eigenvalue weighted by Gasteiger charge is -2.13. The number of nitriles is 1. The molecule has 3 nitrogen and oxygen atoms in total. The number of amides is 1. The highest BCUT2D eigenvalue weighted by Crippen LogP contribution is 2.35. The zero-order valence-corrected chi connectivity index (χ0v) is 8.31. The van der Waals surface area contributed by atoms with Crippen molar-refractivity contribution in [2.24, 2.45) is 0 Å². The number of carbonyl (C=O) groups is 1. The number of anilines is 1. The molecule has 0 aliphatic heterocycles. The molecule has 0 atom stereocenters. The summed E-state index contributed by atoms with van der Waals surface area (Å²) in [5, 5.41) is 10.1. The molecule has 0 fully saturated rings. The number of hydrogen-bond donors (Lipinski definition) is 1. The molecule has 0 aliphatic rings. The van der Waals surface area contributed by atoms with Gasteiger partial charge in [0.05, 0.1) is 17.3 Å². The fourth-order valence-corrected chi connectivity index (χ4v) is 1.13. The number of benzene rings is 1. The molecule has 90 valence electrons. The summed E-state index contributed by atoms with van der Waals surface area (Å²) in [5.41, 5.74) is -1.86. The number of carbonyl (C=O) groups excluding carboxylic acids is 1. The van der Waals surface area contributed by atoms with Crippen LogP contribution < -0.4 is 5.32 Å². The van der Waals surface area contributed by atoms with E-state index in [1.165, 1.54) is 6.07 Å². The molecule has 0 aliphatic carbocycles. The quantitative estimate of drug-likeness (QED) is 0.815. The van der Waals surface area contributed by atoms with Gasteiger partial charge in [-0.1, -0.05) is 0 Å². The van der Waals surface area contributed by atoms with Gasteiger partial charge in [0.1, 0.15) is 12.2 Å². The molecule has 1 aromatic carbocycles. The lowest BCUT2D eigenvalue weighted by molar-refractivity contribution is -0.137.